The average Bonchev–Trinajstić information content (AvgIpc) is 3.85. The van der Waals surface area contributed by atoms with Crippen molar-refractivity contribution in [3.63, 3.8) is 0 Å². The van der Waals surface area contributed by atoms with E-state index in [2.05, 4.69) is 67.0 Å². The van der Waals surface area contributed by atoms with E-state index in [-0.39, 0.29) is 19.4 Å². The molecule has 1 aliphatic heterocycles. The maximum Gasteiger partial charge on any atom is 0.469 e. The predicted molar refractivity (Wildman–Crippen MR) is 206 cm³/mol. The van der Waals surface area contributed by atoms with Crippen molar-refractivity contribution in [2.75, 3.05) is 13.2 Å². The Bertz CT molecular complexity index is 1030. The Labute approximate surface area is 309 Å². The molecule has 0 aromatic carbocycles. The van der Waals surface area contributed by atoms with Gasteiger partial charge in [0.05, 0.1) is 18.8 Å². The van der Waals surface area contributed by atoms with Crippen molar-refractivity contribution in [2.24, 2.45) is 0 Å². The number of unbranched alkanes of at least 4 members (excludes halogenated alkanes) is 14. The molecule has 51 heavy (non-hydrogen) atoms. The van der Waals surface area contributed by atoms with E-state index in [0.717, 1.165) is 77.0 Å². The van der Waals surface area contributed by atoms with E-state index in [1.165, 1.54) is 51.4 Å². The van der Waals surface area contributed by atoms with Crippen molar-refractivity contribution in [1.82, 2.24) is 0 Å². The highest BCUT2D eigenvalue weighted by atomic mass is 31.2. The predicted octanol–water partition coefficient (Wildman–Crippen LogP) is 10.9. The summed E-state index contributed by atoms with van der Waals surface area (Å²) in [4.78, 5) is 42.8. The molecule has 1 saturated heterocycles. The van der Waals surface area contributed by atoms with Crippen LogP contribution in [0.5, 0.6) is 0 Å². The Morgan fingerprint density at radius 2 is 1.14 bits per heavy atom. The van der Waals surface area contributed by atoms with Crippen molar-refractivity contribution < 1.29 is 42.7 Å². The summed E-state index contributed by atoms with van der Waals surface area (Å²) >= 11 is 0. The van der Waals surface area contributed by atoms with Gasteiger partial charge in [-0.25, -0.2) is 4.57 Å². The second-order valence-corrected chi connectivity index (χ2v) is 14.9. The van der Waals surface area contributed by atoms with Crippen LogP contribution in [0.3, 0.4) is 0 Å². The maximum atomic E-state index is 12.4. The molecular formula is C41H71O9P. The molecule has 0 saturated carbocycles. The van der Waals surface area contributed by atoms with Gasteiger partial charge in [-0.1, -0.05) is 127 Å². The molecule has 0 spiro atoms. The fraction of sp³-hybridized carbons (Fsp3) is 0.756. The largest absolute Gasteiger partial charge is 0.469 e. The summed E-state index contributed by atoms with van der Waals surface area (Å²) in [6.45, 7) is 3.58. The zero-order valence-corrected chi connectivity index (χ0v) is 32.8. The van der Waals surface area contributed by atoms with Crippen molar-refractivity contribution in [2.45, 2.75) is 186 Å². The van der Waals surface area contributed by atoms with Gasteiger partial charge in [-0.15, -0.1) is 0 Å². The van der Waals surface area contributed by atoms with Gasteiger partial charge in [0.15, 0.2) is 6.10 Å². The number of hydrogen-bond acceptors (Lipinski definition) is 7. The highest BCUT2D eigenvalue weighted by molar-refractivity contribution is 7.46. The Balaban J connectivity index is 2.10. The van der Waals surface area contributed by atoms with E-state index in [1.807, 2.05) is 0 Å². The number of carbonyl (C=O) groups is 2. The lowest BCUT2D eigenvalue weighted by Crippen LogP contribution is -2.29. The molecule has 0 aliphatic carbocycles. The number of rotatable bonds is 35. The van der Waals surface area contributed by atoms with Crippen LogP contribution in [0.4, 0.5) is 0 Å². The van der Waals surface area contributed by atoms with E-state index in [1.54, 1.807) is 0 Å². The molecule has 0 aromatic rings. The van der Waals surface area contributed by atoms with Gasteiger partial charge in [0, 0.05) is 12.8 Å². The monoisotopic (exact) mass is 738 g/mol. The summed E-state index contributed by atoms with van der Waals surface area (Å²) in [6.07, 6.45) is 41.4. The summed E-state index contributed by atoms with van der Waals surface area (Å²) in [5.41, 5.74) is 0. The highest BCUT2D eigenvalue weighted by Gasteiger charge is 2.36. The third kappa shape index (κ3) is 32.4. The average molecular weight is 739 g/mol. The van der Waals surface area contributed by atoms with Crippen molar-refractivity contribution in [3.8, 4) is 0 Å². The third-order valence-electron chi connectivity index (χ3n) is 8.74. The van der Waals surface area contributed by atoms with E-state index in [4.69, 9.17) is 24.0 Å². The third-order valence-corrected chi connectivity index (χ3v) is 9.23. The fourth-order valence-electron chi connectivity index (χ4n) is 5.62. The number of phosphoric ester groups is 1. The van der Waals surface area contributed by atoms with Gasteiger partial charge in [-0.05, 0) is 77.0 Å². The number of epoxide rings is 1. The quantitative estimate of drug-likeness (QED) is 0.0214. The lowest BCUT2D eigenvalue weighted by molar-refractivity contribution is -0.161. The van der Waals surface area contributed by atoms with Crippen LogP contribution >= 0.6 is 7.82 Å². The first-order valence-electron chi connectivity index (χ1n) is 20.1. The Hall–Kier alpha value is -2.03. The lowest BCUT2D eigenvalue weighted by Gasteiger charge is -2.18. The van der Waals surface area contributed by atoms with Crippen LogP contribution in [0.15, 0.2) is 48.6 Å². The molecule has 0 amide bonds. The Morgan fingerprint density at radius 1 is 0.627 bits per heavy atom. The van der Waals surface area contributed by atoms with Crippen molar-refractivity contribution >= 4 is 19.8 Å². The summed E-state index contributed by atoms with van der Waals surface area (Å²) in [5, 5.41) is 0. The number of phosphoric acid groups is 1. The number of carbonyl (C=O) groups excluding carboxylic acids is 2. The van der Waals surface area contributed by atoms with Crippen molar-refractivity contribution in [3.05, 3.63) is 48.6 Å². The lowest BCUT2D eigenvalue weighted by atomic mass is 10.1. The molecule has 1 aliphatic rings. The number of esters is 2. The van der Waals surface area contributed by atoms with Crippen LogP contribution in [0, 0.1) is 0 Å². The van der Waals surface area contributed by atoms with Gasteiger partial charge in [0.25, 0.3) is 0 Å². The van der Waals surface area contributed by atoms with Gasteiger partial charge in [0.1, 0.15) is 6.61 Å². The second-order valence-electron chi connectivity index (χ2n) is 13.6. The summed E-state index contributed by atoms with van der Waals surface area (Å²) in [6, 6.07) is 0. The molecule has 9 nitrogen and oxygen atoms in total. The molecule has 10 heteroatoms. The van der Waals surface area contributed by atoms with E-state index in [9.17, 15) is 14.2 Å². The van der Waals surface area contributed by atoms with Gasteiger partial charge in [-0.2, -0.15) is 0 Å². The second kappa shape index (κ2) is 32.6. The summed E-state index contributed by atoms with van der Waals surface area (Å²) in [5.74, 6) is -0.934. The van der Waals surface area contributed by atoms with Crippen LogP contribution in [-0.2, 0) is 32.9 Å². The van der Waals surface area contributed by atoms with Crippen LogP contribution < -0.4 is 0 Å². The zero-order chi connectivity index (χ0) is 37.3. The highest BCUT2D eigenvalue weighted by Crippen LogP contribution is 2.36. The fourth-order valence-corrected chi connectivity index (χ4v) is 5.98. The molecule has 0 aromatic heterocycles. The van der Waals surface area contributed by atoms with E-state index < -0.39 is 32.5 Å². The van der Waals surface area contributed by atoms with Gasteiger partial charge in [0.2, 0.25) is 0 Å². The van der Waals surface area contributed by atoms with E-state index >= 15 is 0 Å². The minimum Gasteiger partial charge on any atom is -0.462 e. The van der Waals surface area contributed by atoms with E-state index in [0.29, 0.717) is 25.0 Å². The molecule has 1 fully saturated rings. The molecular weight excluding hydrogens is 667 g/mol. The smallest absolute Gasteiger partial charge is 0.462 e. The minimum atomic E-state index is -4.77. The normalized spacial score (nSPS) is 16.9. The number of ether oxygens (including phenoxy) is 3. The molecule has 3 atom stereocenters. The molecule has 0 radical (unpaired) electrons. The van der Waals surface area contributed by atoms with Crippen LogP contribution in [0.25, 0.3) is 0 Å². The first-order chi connectivity index (χ1) is 24.7. The zero-order valence-electron chi connectivity index (χ0n) is 31.9. The van der Waals surface area contributed by atoms with Crippen LogP contribution in [0.2, 0.25) is 0 Å². The van der Waals surface area contributed by atoms with Gasteiger partial charge >= 0.3 is 19.8 Å². The summed E-state index contributed by atoms with van der Waals surface area (Å²) < 4.78 is 32.1. The van der Waals surface area contributed by atoms with Gasteiger partial charge < -0.3 is 24.0 Å². The molecule has 1 heterocycles. The molecule has 2 unspecified atom stereocenters. The first-order valence-corrected chi connectivity index (χ1v) is 21.6. The summed E-state index contributed by atoms with van der Waals surface area (Å²) in [7, 11) is -4.77. The standard InChI is InChI=1S/C41H71O9P/c1-3-5-7-8-9-10-11-12-13-14-15-16-17-18-23-26-30-34-41(43)49-37(36-48-51(44,45)46)35-47-40(42)33-29-25-22-20-19-21-24-28-32-39-38(50-39)31-27-6-4-2/h9-10,12-13,15-16,24,28,37-39H,3-8,11,14,17-23,25-27,29-36H2,1-2H3,(H2,44,45,46)/b10-9-,13-12-,16-15-,28-24-/t37-,38?,39?/m1/s1. The minimum absolute atomic E-state index is 0.179. The number of allylic oxidation sites excluding steroid dienone is 7. The SMILES string of the molecule is CCCCC/C=C\C/C=C\C/C=C\CCCCCCC(=O)O[C@H](COC(=O)CCCCCCC/C=C\CC1OC1CCCCC)COP(=O)(O)O. The van der Waals surface area contributed by atoms with Gasteiger partial charge in [-0.3, -0.25) is 14.1 Å². The molecule has 0 bridgehead atoms. The topological polar surface area (TPSA) is 132 Å². The van der Waals surface area contributed by atoms with Crippen LogP contribution in [0.1, 0.15) is 168 Å². The number of hydrogen-bond donors (Lipinski definition) is 2. The molecule has 294 valence electrons. The first kappa shape index (κ1) is 47.0. The molecule has 1 rings (SSSR count). The van der Waals surface area contributed by atoms with Crippen molar-refractivity contribution in [1.29, 1.82) is 0 Å². The Kier molecular flexibility index (Phi) is 30.0. The van der Waals surface area contributed by atoms with Crippen LogP contribution in [-0.4, -0.2) is 53.3 Å². The maximum absolute atomic E-state index is 12.4. The molecule has 2 N–H and O–H groups in total. The Morgan fingerprint density at radius 3 is 1.75 bits per heavy atom.